The smallest absolute Gasteiger partial charge is 0.144 e. The van der Waals surface area contributed by atoms with Crippen molar-refractivity contribution in [2.24, 2.45) is 0 Å². The van der Waals surface area contributed by atoms with E-state index in [2.05, 4.69) is 205 Å². The second-order valence-electron chi connectivity index (χ2n) is 14.5. The fraction of sp³-hybridized carbons (Fsp3) is 0. The molecule has 0 fully saturated rings. The zero-order valence-electron chi connectivity index (χ0n) is 31.0. The van der Waals surface area contributed by atoms with Crippen LogP contribution in [-0.2, 0) is 0 Å². The molecule has 0 radical (unpaired) electrons. The molecule has 0 spiro atoms. The molecule has 0 saturated carbocycles. The first kappa shape index (κ1) is 32.8. The van der Waals surface area contributed by atoms with E-state index < -0.39 is 0 Å². The minimum Gasteiger partial charge on any atom is -0.456 e. The summed E-state index contributed by atoms with van der Waals surface area (Å²) in [5.41, 5.74) is 15.7. The van der Waals surface area contributed by atoms with Crippen LogP contribution in [0.5, 0.6) is 0 Å². The first-order valence-corrected chi connectivity index (χ1v) is 19.3. The highest BCUT2D eigenvalue weighted by Crippen LogP contribution is 2.47. The van der Waals surface area contributed by atoms with Crippen LogP contribution in [0.1, 0.15) is 0 Å². The van der Waals surface area contributed by atoms with Gasteiger partial charge in [0.15, 0.2) is 0 Å². The molecule has 0 saturated heterocycles. The molecule has 0 atom stereocenters. The quantitative estimate of drug-likeness (QED) is 0.164. The summed E-state index contributed by atoms with van der Waals surface area (Å²) in [4.78, 5) is 2.36. The highest BCUT2D eigenvalue weighted by Gasteiger charge is 2.23. The number of rotatable bonds is 7. The number of anilines is 3. The van der Waals surface area contributed by atoms with Gasteiger partial charge in [-0.25, -0.2) is 0 Å². The maximum absolute atomic E-state index is 6.92. The number of benzene rings is 9. The fourth-order valence-electron chi connectivity index (χ4n) is 8.37. The minimum absolute atomic E-state index is 0.823. The number of para-hydroxylation sites is 2. The SMILES string of the molecule is c1ccc(-c2ccc(-c3c4oc5ccc(N(c6ccc(-c7ccccc7)cc6)c6ccccc6-c6ccccc6)cc5c4cc4oc5ccccc5c34)cc2)cc1. The molecule has 0 aliphatic rings. The van der Waals surface area contributed by atoms with E-state index in [0.29, 0.717) is 0 Å². The van der Waals surface area contributed by atoms with Crippen LogP contribution >= 0.6 is 0 Å². The van der Waals surface area contributed by atoms with Gasteiger partial charge in [-0.05, 0) is 81.9 Å². The highest BCUT2D eigenvalue weighted by atomic mass is 16.3. The van der Waals surface area contributed by atoms with Gasteiger partial charge in [0.1, 0.15) is 22.3 Å². The van der Waals surface area contributed by atoms with Crippen LogP contribution in [0.3, 0.4) is 0 Å². The van der Waals surface area contributed by atoms with E-state index >= 15 is 0 Å². The second-order valence-corrected chi connectivity index (χ2v) is 14.5. The van der Waals surface area contributed by atoms with Crippen LogP contribution in [0, 0.1) is 0 Å². The van der Waals surface area contributed by atoms with E-state index in [1.807, 2.05) is 12.1 Å². The lowest BCUT2D eigenvalue weighted by Crippen LogP contribution is -2.11. The molecule has 3 nitrogen and oxygen atoms in total. The Morgan fingerprint density at radius 2 is 0.842 bits per heavy atom. The van der Waals surface area contributed by atoms with Gasteiger partial charge in [-0.1, -0.05) is 164 Å². The summed E-state index contributed by atoms with van der Waals surface area (Å²) in [6.45, 7) is 0. The number of nitrogens with zero attached hydrogens (tertiary/aromatic N) is 1. The van der Waals surface area contributed by atoms with Crippen molar-refractivity contribution in [2.45, 2.75) is 0 Å². The average molecular weight is 730 g/mol. The topological polar surface area (TPSA) is 29.5 Å². The van der Waals surface area contributed by atoms with Gasteiger partial charge in [0.2, 0.25) is 0 Å². The largest absolute Gasteiger partial charge is 0.456 e. The summed E-state index contributed by atoms with van der Waals surface area (Å²) in [5.74, 6) is 0. The Morgan fingerprint density at radius 3 is 1.54 bits per heavy atom. The van der Waals surface area contributed by atoms with Crippen LogP contribution < -0.4 is 4.90 Å². The van der Waals surface area contributed by atoms with Crippen molar-refractivity contribution >= 4 is 60.9 Å². The molecule has 11 aromatic rings. The lowest BCUT2D eigenvalue weighted by molar-refractivity contribution is 0.664. The lowest BCUT2D eigenvalue weighted by atomic mass is 9.95. The van der Waals surface area contributed by atoms with Crippen LogP contribution in [0.2, 0.25) is 0 Å². The van der Waals surface area contributed by atoms with Crippen LogP contribution in [0.4, 0.5) is 17.1 Å². The molecule has 0 N–H and O–H groups in total. The highest BCUT2D eigenvalue weighted by molar-refractivity contribution is 6.23. The van der Waals surface area contributed by atoms with Gasteiger partial charge in [0, 0.05) is 44.0 Å². The van der Waals surface area contributed by atoms with Crippen molar-refractivity contribution in [2.75, 3.05) is 4.90 Å². The molecule has 2 heterocycles. The molecule has 0 aliphatic heterocycles. The molecule has 57 heavy (non-hydrogen) atoms. The van der Waals surface area contributed by atoms with Gasteiger partial charge in [-0.3, -0.25) is 0 Å². The number of fused-ring (bicyclic) bond motifs is 6. The Kier molecular flexibility index (Phi) is 7.82. The maximum atomic E-state index is 6.92. The number of hydrogen-bond donors (Lipinski definition) is 0. The molecular formula is C54H35NO2. The third kappa shape index (κ3) is 5.68. The van der Waals surface area contributed by atoms with Crippen molar-refractivity contribution in [3.63, 3.8) is 0 Å². The van der Waals surface area contributed by atoms with Crippen LogP contribution in [0.15, 0.2) is 221 Å². The zero-order chi connectivity index (χ0) is 37.7. The third-order valence-electron chi connectivity index (χ3n) is 11.1. The normalized spacial score (nSPS) is 11.5. The zero-order valence-corrected chi connectivity index (χ0v) is 31.0. The lowest BCUT2D eigenvalue weighted by Gasteiger charge is -2.28. The van der Waals surface area contributed by atoms with Gasteiger partial charge in [0.25, 0.3) is 0 Å². The van der Waals surface area contributed by atoms with Gasteiger partial charge < -0.3 is 13.7 Å². The summed E-state index contributed by atoms with van der Waals surface area (Å²) >= 11 is 0. The van der Waals surface area contributed by atoms with Crippen molar-refractivity contribution in [1.82, 2.24) is 0 Å². The average Bonchev–Trinajstić information content (AvgIpc) is 3.85. The van der Waals surface area contributed by atoms with Crippen molar-refractivity contribution in [3.8, 4) is 44.5 Å². The van der Waals surface area contributed by atoms with Gasteiger partial charge in [-0.2, -0.15) is 0 Å². The maximum Gasteiger partial charge on any atom is 0.144 e. The molecule has 0 aliphatic carbocycles. The molecule has 268 valence electrons. The molecule has 2 aromatic heterocycles. The van der Waals surface area contributed by atoms with Gasteiger partial charge >= 0.3 is 0 Å². The Bertz CT molecular complexity index is 3200. The Labute approximate surface area is 330 Å². The standard InChI is InChI=1S/C54H35NO2/c1-4-14-36(15-5-1)38-24-26-41(27-25-38)52-53-45-21-11-13-23-49(45)56-51(53)35-47-46-34-43(32-33-50(46)57-54(47)52)55(42-30-28-39(29-31-42)37-16-6-2-7-17-37)48-22-12-10-20-44(48)40-18-8-3-9-19-40/h1-35H. The number of hydrogen-bond acceptors (Lipinski definition) is 3. The fourth-order valence-corrected chi connectivity index (χ4v) is 8.37. The van der Waals surface area contributed by atoms with E-state index in [4.69, 9.17) is 8.83 Å². The third-order valence-corrected chi connectivity index (χ3v) is 11.1. The Hall–Kier alpha value is -7.62. The molecular weight excluding hydrogens is 695 g/mol. The van der Waals surface area contributed by atoms with Gasteiger partial charge in [0.05, 0.1) is 5.69 Å². The molecule has 0 unspecified atom stereocenters. The van der Waals surface area contributed by atoms with Crippen molar-refractivity contribution < 1.29 is 8.83 Å². The van der Waals surface area contributed by atoms with E-state index in [9.17, 15) is 0 Å². The van der Waals surface area contributed by atoms with E-state index in [-0.39, 0.29) is 0 Å². The monoisotopic (exact) mass is 729 g/mol. The summed E-state index contributed by atoms with van der Waals surface area (Å²) < 4.78 is 13.5. The Morgan fingerprint density at radius 1 is 0.316 bits per heavy atom. The first-order chi connectivity index (χ1) is 28.3. The van der Waals surface area contributed by atoms with E-state index in [1.165, 1.54) is 22.3 Å². The summed E-state index contributed by atoms with van der Waals surface area (Å²) in [7, 11) is 0. The van der Waals surface area contributed by atoms with Crippen molar-refractivity contribution in [1.29, 1.82) is 0 Å². The minimum atomic E-state index is 0.823. The molecule has 0 amide bonds. The van der Waals surface area contributed by atoms with E-state index in [1.54, 1.807) is 0 Å². The summed E-state index contributed by atoms with van der Waals surface area (Å²) in [6, 6.07) is 75.0. The molecule has 3 heteroatoms. The van der Waals surface area contributed by atoms with Crippen molar-refractivity contribution in [3.05, 3.63) is 212 Å². The molecule has 9 aromatic carbocycles. The molecule has 11 rings (SSSR count). The van der Waals surface area contributed by atoms with Crippen LogP contribution in [-0.4, -0.2) is 0 Å². The van der Waals surface area contributed by atoms with E-state index in [0.717, 1.165) is 83.2 Å². The second kappa shape index (κ2) is 13.6. The predicted molar refractivity (Wildman–Crippen MR) is 237 cm³/mol. The first-order valence-electron chi connectivity index (χ1n) is 19.3. The summed E-state index contributed by atoms with van der Waals surface area (Å²) in [5, 5.41) is 4.16. The Balaban J connectivity index is 1.13. The van der Waals surface area contributed by atoms with Crippen LogP contribution in [0.25, 0.3) is 88.4 Å². The van der Waals surface area contributed by atoms with Gasteiger partial charge in [-0.15, -0.1) is 0 Å². The predicted octanol–water partition coefficient (Wildman–Crippen LogP) is 15.6. The summed E-state index contributed by atoms with van der Waals surface area (Å²) in [6.07, 6.45) is 0. The molecule has 0 bridgehead atoms. The number of furan rings is 2.